The predicted octanol–water partition coefficient (Wildman–Crippen LogP) is 5.73. The molecule has 7 heteroatoms. The standard InChI is InChI=1S/C27H20BrFN2O3/c28-19-5-3-4-17(14-19)24-23(25(32)16-8-10-20(29)11-9-16)26(33)27(34)31(24)13-12-18-15-30-22-7-2-1-6-21(18)22/h1-11,14-15,24,30,32H,12-13H2/t24-/m0/s1. The molecular weight excluding hydrogens is 499 g/mol. The highest BCUT2D eigenvalue weighted by molar-refractivity contribution is 9.10. The van der Waals surface area contributed by atoms with Crippen LogP contribution in [0.15, 0.2) is 89.0 Å². The molecule has 2 N–H and O–H groups in total. The molecule has 1 atom stereocenters. The van der Waals surface area contributed by atoms with Gasteiger partial charge in [0.05, 0.1) is 11.6 Å². The average Bonchev–Trinajstić information content (AvgIpc) is 3.36. The van der Waals surface area contributed by atoms with E-state index in [1.165, 1.54) is 29.2 Å². The first-order valence-electron chi connectivity index (χ1n) is 10.8. The molecule has 1 fully saturated rings. The van der Waals surface area contributed by atoms with E-state index in [4.69, 9.17) is 0 Å². The fourth-order valence-corrected chi connectivity index (χ4v) is 4.89. The molecule has 5 rings (SSSR count). The van der Waals surface area contributed by atoms with Crippen molar-refractivity contribution in [3.8, 4) is 0 Å². The van der Waals surface area contributed by atoms with Gasteiger partial charge in [-0.25, -0.2) is 4.39 Å². The third kappa shape index (κ3) is 3.92. The van der Waals surface area contributed by atoms with E-state index in [9.17, 15) is 19.1 Å². The van der Waals surface area contributed by atoms with Crippen LogP contribution in [0.1, 0.15) is 22.7 Å². The Balaban J connectivity index is 1.57. The number of aliphatic hydroxyl groups excluding tert-OH is 1. The maximum atomic E-state index is 13.4. The second-order valence-corrected chi connectivity index (χ2v) is 9.08. The molecule has 0 radical (unpaired) electrons. The number of fused-ring (bicyclic) bond motifs is 1. The molecule has 2 heterocycles. The van der Waals surface area contributed by atoms with E-state index >= 15 is 0 Å². The number of H-pyrrole nitrogens is 1. The van der Waals surface area contributed by atoms with Crippen molar-refractivity contribution in [3.63, 3.8) is 0 Å². The minimum Gasteiger partial charge on any atom is -0.507 e. The predicted molar refractivity (Wildman–Crippen MR) is 132 cm³/mol. The van der Waals surface area contributed by atoms with Crippen molar-refractivity contribution in [3.05, 3.63) is 112 Å². The number of aromatic amines is 1. The molecule has 1 aliphatic heterocycles. The van der Waals surface area contributed by atoms with E-state index < -0.39 is 23.5 Å². The van der Waals surface area contributed by atoms with E-state index in [1.54, 1.807) is 0 Å². The van der Waals surface area contributed by atoms with Gasteiger partial charge in [-0.2, -0.15) is 0 Å². The number of rotatable bonds is 5. The Morgan fingerprint density at radius 1 is 1.03 bits per heavy atom. The van der Waals surface area contributed by atoms with Crippen molar-refractivity contribution in [2.75, 3.05) is 6.54 Å². The molecule has 170 valence electrons. The SMILES string of the molecule is O=C1C(=O)N(CCc2c[nH]c3ccccc23)[C@@H](c2cccc(Br)c2)C1=C(O)c1ccc(F)cc1. The first kappa shape index (κ1) is 22.1. The first-order valence-corrected chi connectivity index (χ1v) is 11.6. The fraction of sp³-hybridized carbons (Fsp3) is 0.111. The lowest BCUT2D eigenvalue weighted by molar-refractivity contribution is -0.139. The Bertz CT molecular complexity index is 1440. The largest absolute Gasteiger partial charge is 0.507 e. The van der Waals surface area contributed by atoms with Gasteiger partial charge < -0.3 is 15.0 Å². The van der Waals surface area contributed by atoms with E-state index in [0.29, 0.717) is 12.0 Å². The van der Waals surface area contributed by atoms with Gasteiger partial charge in [0.2, 0.25) is 0 Å². The molecule has 1 aromatic heterocycles. The monoisotopic (exact) mass is 518 g/mol. The first-order chi connectivity index (χ1) is 16.4. The van der Waals surface area contributed by atoms with Crippen molar-refractivity contribution in [2.45, 2.75) is 12.5 Å². The minimum atomic E-state index is -0.771. The summed E-state index contributed by atoms with van der Waals surface area (Å²) in [4.78, 5) is 31.0. The zero-order valence-electron chi connectivity index (χ0n) is 18.0. The van der Waals surface area contributed by atoms with Gasteiger partial charge in [0.25, 0.3) is 11.7 Å². The maximum absolute atomic E-state index is 13.4. The Morgan fingerprint density at radius 2 is 1.79 bits per heavy atom. The quantitative estimate of drug-likeness (QED) is 0.201. The maximum Gasteiger partial charge on any atom is 0.295 e. The zero-order valence-corrected chi connectivity index (χ0v) is 19.5. The van der Waals surface area contributed by atoms with Crippen molar-refractivity contribution >= 4 is 44.3 Å². The highest BCUT2D eigenvalue weighted by Crippen LogP contribution is 2.40. The summed E-state index contributed by atoms with van der Waals surface area (Å²) in [6, 6.07) is 19.6. The second kappa shape index (κ2) is 8.91. The minimum absolute atomic E-state index is 0.00589. The molecule has 1 amide bonds. The number of amides is 1. The Kier molecular flexibility index (Phi) is 5.79. The van der Waals surface area contributed by atoms with Crippen LogP contribution in [0.4, 0.5) is 4.39 Å². The fourth-order valence-electron chi connectivity index (χ4n) is 4.48. The van der Waals surface area contributed by atoms with E-state index in [0.717, 1.165) is 20.9 Å². The van der Waals surface area contributed by atoms with Crippen LogP contribution < -0.4 is 0 Å². The number of aromatic nitrogens is 1. The summed E-state index contributed by atoms with van der Waals surface area (Å²) in [7, 11) is 0. The average molecular weight is 519 g/mol. The van der Waals surface area contributed by atoms with Gasteiger partial charge in [0.1, 0.15) is 11.6 Å². The number of benzene rings is 3. The van der Waals surface area contributed by atoms with Gasteiger partial charge in [-0.05, 0) is 60.0 Å². The number of nitrogens with zero attached hydrogens (tertiary/aromatic N) is 1. The van der Waals surface area contributed by atoms with E-state index in [1.807, 2.05) is 54.7 Å². The number of likely N-dealkylation sites (tertiary alicyclic amines) is 1. The molecule has 1 saturated heterocycles. The third-order valence-electron chi connectivity index (χ3n) is 6.12. The molecular formula is C27H20BrFN2O3. The van der Waals surface area contributed by atoms with Gasteiger partial charge in [0.15, 0.2) is 0 Å². The van der Waals surface area contributed by atoms with Gasteiger partial charge in [-0.3, -0.25) is 9.59 Å². The summed E-state index contributed by atoms with van der Waals surface area (Å²) in [5.41, 5.74) is 2.99. The van der Waals surface area contributed by atoms with Crippen LogP contribution in [-0.4, -0.2) is 33.2 Å². The molecule has 1 aliphatic rings. The van der Waals surface area contributed by atoms with Crippen molar-refractivity contribution < 1.29 is 19.1 Å². The number of halogens is 2. The van der Waals surface area contributed by atoms with Gasteiger partial charge >= 0.3 is 0 Å². The lowest BCUT2D eigenvalue weighted by atomic mass is 9.95. The molecule has 3 aromatic carbocycles. The van der Waals surface area contributed by atoms with Crippen LogP contribution in [0.25, 0.3) is 16.7 Å². The highest BCUT2D eigenvalue weighted by atomic mass is 79.9. The van der Waals surface area contributed by atoms with Crippen LogP contribution in [0.5, 0.6) is 0 Å². The number of ketones is 1. The van der Waals surface area contributed by atoms with Crippen molar-refractivity contribution in [2.24, 2.45) is 0 Å². The number of carbonyl (C=O) groups excluding carboxylic acids is 2. The number of aliphatic hydroxyl groups is 1. The Labute approximate surface area is 203 Å². The zero-order chi connectivity index (χ0) is 23.8. The van der Waals surface area contributed by atoms with E-state index in [2.05, 4.69) is 20.9 Å². The molecule has 0 bridgehead atoms. The Morgan fingerprint density at radius 3 is 2.56 bits per heavy atom. The van der Waals surface area contributed by atoms with Crippen molar-refractivity contribution in [1.82, 2.24) is 9.88 Å². The normalized spacial score (nSPS) is 17.6. The van der Waals surface area contributed by atoms with Crippen LogP contribution in [-0.2, 0) is 16.0 Å². The summed E-state index contributed by atoms with van der Waals surface area (Å²) in [5, 5.41) is 12.1. The topological polar surface area (TPSA) is 73.4 Å². The molecule has 0 saturated carbocycles. The Hall–Kier alpha value is -3.71. The van der Waals surface area contributed by atoms with Crippen LogP contribution in [0.3, 0.4) is 0 Å². The molecule has 34 heavy (non-hydrogen) atoms. The second-order valence-electron chi connectivity index (χ2n) is 8.16. The van der Waals surface area contributed by atoms with Crippen molar-refractivity contribution in [1.29, 1.82) is 0 Å². The van der Waals surface area contributed by atoms with Gasteiger partial charge in [-0.15, -0.1) is 0 Å². The summed E-state index contributed by atoms with van der Waals surface area (Å²) < 4.78 is 14.2. The summed E-state index contributed by atoms with van der Waals surface area (Å²) in [6.45, 7) is 0.282. The lowest BCUT2D eigenvalue weighted by Crippen LogP contribution is -2.31. The number of nitrogens with one attached hydrogen (secondary N) is 1. The highest BCUT2D eigenvalue weighted by Gasteiger charge is 2.45. The lowest BCUT2D eigenvalue weighted by Gasteiger charge is -2.25. The summed E-state index contributed by atoms with van der Waals surface area (Å²) >= 11 is 3.45. The number of para-hydroxylation sites is 1. The van der Waals surface area contributed by atoms with Crippen LogP contribution in [0.2, 0.25) is 0 Å². The van der Waals surface area contributed by atoms with Crippen LogP contribution in [0, 0.1) is 5.82 Å². The number of carbonyl (C=O) groups is 2. The molecule has 0 unspecified atom stereocenters. The van der Waals surface area contributed by atoms with Gasteiger partial charge in [-0.1, -0.05) is 46.3 Å². The number of hydrogen-bond acceptors (Lipinski definition) is 3. The third-order valence-corrected chi connectivity index (χ3v) is 6.61. The smallest absolute Gasteiger partial charge is 0.295 e. The molecule has 5 nitrogen and oxygen atoms in total. The number of Topliss-reactive ketones (excluding diaryl/α,β-unsaturated/α-hetero) is 1. The summed E-state index contributed by atoms with van der Waals surface area (Å²) in [6.07, 6.45) is 2.44. The van der Waals surface area contributed by atoms with Gasteiger partial charge in [0, 0.05) is 33.7 Å². The van der Waals surface area contributed by atoms with E-state index in [-0.39, 0.29) is 23.4 Å². The molecule has 0 spiro atoms. The number of hydrogen-bond donors (Lipinski definition) is 2. The van der Waals surface area contributed by atoms with Crippen LogP contribution >= 0.6 is 15.9 Å². The molecule has 4 aromatic rings. The molecule has 0 aliphatic carbocycles. The summed E-state index contributed by atoms with van der Waals surface area (Å²) in [5.74, 6) is -2.21.